The van der Waals surface area contributed by atoms with Crippen LogP contribution in [0, 0.1) is 0 Å². The first-order chi connectivity index (χ1) is 5.66. The van der Waals surface area contributed by atoms with E-state index in [1.165, 1.54) is 6.08 Å². The number of fused-ring (bicyclic) bond motifs is 1. The summed E-state index contributed by atoms with van der Waals surface area (Å²) in [6.45, 7) is 0. The Morgan fingerprint density at radius 1 is 1.58 bits per heavy atom. The molecule has 2 amide bonds. The summed E-state index contributed by atoms with van der Waals surface area (Å²) in [6.07, 6.45) is 1.52. The van der Waals surface area contributed by atoms with Crippen LogP contribution in [0.1, 0.15) is 0 Å². The fourth-order valence-electron chi connectivity index (χ4n) is 0.994. The lowest BCUT2D eigenvalue weighted by Gasteiger charge is -2.10. The van der Waals surface area contributed by atoms with Crippen molar-refractivity contribution in [2.24, 2.45) is 9.98 Å². The van der Waals surface area contributed by atoms with Gasteiger partial charge < -0.3 is 5.32 Å². The average molecular weight is 204 g/mol. The van der Waals surface area contributed by atoms with Crippen molar-refractivity contribution in [3.63, 3.8) is 0 Å². The predicted octanol–water partition coefficient (Wildman–Crippen LogP) is 1.25. The minimum atomic E-state index is -0.656. The molecule has 0 aliphatic carbocycles. The van der Waals surface area contributed by atoms with E-state index >= 15 is 0 Å². The Hall–Kier alpha value is -0.870. The maximum absolute atomic E-state index is 10.8. The Labute approximate surface area is 78.0 Å². The van der Waals surface area contributed by atoms with Crippen molar-refractivity contribution >= 4 is 40.1 Å². The zero-order valence-corrected chi connectivity index (χ0v) is 7.23. The van der Waals surface area contributed by atoms with Gasteiger partial charge in [-0.1, -0.05) is 23.2 Å². The van der Waals surface area contributed by atoms with Crippen LogP contribution in [0.3, 0.4) is 0 Å². The summed E-state index contributed by atoms with van der Waals surface area (Å²) in [5, 5.41) is 2.75. The van der Waals surface area contributed by atoms with E-state index in [0.29, 0.717) is 11.4 Å². The van der Waals surface area contributed by atoms with Crippen molar-refractivity contribution in [3.8, 4) is 0 Å². The van der Waals surface area contributed by atoms with Gasteiger partial charge in [0.25, 0.3) is 0 Å². The maximum Gasteiger partial charge on any atom is 0.345 e. The van der Waals surface area contributed by atoms with Gasteiger partial charge in [-0.3, -0.25) is 0 Å². The van der Waals surface area contributed by atoms with Crippen LogP contribution in [0.4, 0.5) is 4.79 Å². The highest BCUT2D eigenvalue weighted by atomic mass is 35.5. The summed E-state index contributed by atoms with van der Waals surface area (Å²) >= 11 is 11.4. The number of nitrogens with one attached hydrogen (secondary N) is 1. The molecule has 0 aromatic rings. The number of hydrogen-bond acceptors (Lipinski definition) is 2. The third kappa shape index (κ3) is 1.13. The first kappa shape index (κ1) is 7.76. The lowest BCUT2D eigenvalue weighted by molar-refractivity contribution is 0.253. The second kappa shape index (κ2) is 2.57. The molecule has 0 saturated heterocycles. The van der Waals surface area contributed by atoms with Gasteiger partial charge in [0.15, 0.2) is 5.50 Å². The highest BCUT2D eigenvalue weighted by Crippen LogP contribution is 2.19. The molecule has 0 fully saturated rings. The first-order valence-corrected chi connectivity index (χ1v) is 3.97. The molecule has 6 heteroatoms. The number of carbonyl (C=O) groups excluding carboxylic acids is 1. The Bertz CT molecular complexity index is 345. The highest BCUT2D eigenvalue weighted by Gasteiger charge is 2.28. The van der Waals surface area contributed by atoms with Crippen LogP contribution in [0.2, 0.25) is 0 Å². The number of amides is 2. The number of allylic oxidation sites excluding steroid dienone is 1. The number of rotatable bonds is 0. The van der Waals surface area contributed by atoms with E-state index in [-0.39, 0.29) is 5.17 Å². The molecule has 0 aromatic heterocycles. The zero-order chi connectivity index (χ0) is 8.72. The Balaban J connectivity index is 2.45. The summed E-state index contributed by atoms with van der Waals surface area (Å²) in [7, 11) is 0. The number of dihydropyridines is 1. The van der Waals surface area contributed by atoms with Crippen molar-refractivity contribution in [1.29, 1.82) is 0 Å². The zero-order valence-electron chi connectivity index (χ0n) is 5.71. The van der Waals surface area contributed by atoms with Crippen molar-refractivity contribution in [2.75, 3.05) is 0 Å². The second-order valence-corrected chi connectivity index (χ2v) is 3.07. The largest absolute Gasteiger partial charge is 0.345 e. The number of alkyl halides is 1. The number of aliphatic imine (C=N–C) groups is 2. The fourth-order valence-corrected chi connectivity index (χ4v) is 1.52. The van der Waals surface area contributed by atoms with Gasteiger partial charge in [-0.2, -0.15) is 4.99 Å². The van der Waals surface area contributed by atoms with E-state index in [1.807, 2.05) is 0 Å². The molecular formula is C6H3Cl2N3O. The molecule has 2 rings (SSSR count). The summed E-state index contributed by atoms with van der Waals surface area (Å²) in [4.78, 5) is 18.2. The molecule has 2 aliphatic rings. The molecule has 2 aliphatic heterocycles. The number of carbonyl (C=O) groups is 1. The smallest absolute Gasteiger partial charge is 0.304 e. The van der Waals surface area contributed by atoms with Gasteiger partial charge in [0.1, 0.15) is 10.9 Å². The molecule has 0 spiro atoms. The average Bonchev–Trinajstić information content (AvgIpc) is 2.29. The number of nitrogens with zero attached hydrogens (tertiary/aromatic N) is 2. The van der Waals surface area contributed by atoms with Crippen LogP contribution in [0.25, 0.3) is 0 Å². The quantitative estimate of drug-likeness (QED) is 0.468. The van der Waals surface area contributed by atoms with E-state index in [2.05, 4.69) is 15.3 Å². The van der Waals surface area contributed by atoms with E-state index in [4.69, 9.17) is 23.2 Å². The second-order valence-electron chi connectivity index (χ2n) is 2.27. The Morgan fingerprint density at radius 3 is 3.08 bits per heavy atom. The SMILES string of the molecule is O=C1N=C2C(=CC(Cl)=NC2Cl)N1. The standard InChI is InChI=1S/C6H3Cl2N3O/c7-3-1-2-4(5(8)10-3)11-6(12)9-2/h1,5H,(H,9,12). The topological polar surface area (TPSA) is 53.8 Å². The summed E-state index contributed by atoms with van der Waals surface area (Å²) < 4.78 is 0. The third-order valence-corrected chi connectivity index (χ3v) is 1.98. The molecule has 0 radical (unpaired) electrons. The monoisotopic (exact) mass is 203 g/mol. The van der Waals surface area contributed by atoms with Gasteiger partial charge in [0.2, 0.25) is 0 Å². The van der Waals surface area contributed by atoms with Crippen molar-refractivity contribution in [2.45, 2.75) is 5.50 Å². The van der Waals surface area contributed by atoms with Gasteiger partial charge >= 0.3 is 6.03 Å². The lowest BCUT2D eigenvalue weighted by Crippen LogP contribution is -2.23. The van der Waals surface area contributed by atoms with Crippen molar-refractivity contribution in [1.82, 2.24) is 5.32 Å². The first-order valence-electron chi connectivity index (χ1n) is 3.16. The van der Waals surface area contributed by atoms with E-state index < -0.39 is 11.5 Å². The van der Waals surface area contributed by atoms with E-state index in [0.717, 1.165) is 0 Å². The van der Waals surface area contributed by atoms with Crippen molar-refractivity contribution in [3.05, 3.63) is 11.8 Å². The van der Waals surface area contributed by atoms with E-state index in [9.17, 15) is 4.79 Å². The van der Waals surface area contributed by atoms with Crippen LogP contribution >= 0.6 is 23.2 Å². The maximum atomic E-state index is 10.8. The Morgan fingerprint density at radius 2 is 2.33 bits per heavy atom. The molecular weight excluding hydrogens is 201 g/mol. The van der Waals surface area contributed by atoms with Gasteiger partial charge in [0, 0.05) is 6.08 Å². The Kier molecular flexibility index (Phi) is 1.66. The molecule has 12 heavy (non-hydrogen) atoms. The molecule has 4 nitrogen and oxygen atoms in total. The van der Waals surface area contributed by atoms with Gasteiger partial charge in [-0.25, -0.2) is 9.79 Å². The van der Waals surface area contributed by atoms with E-state index in [1.54, 1.807) is 0 Å². The molecule has 2 heterocycles. The lowest BCUT2D eigenvalue weighted by atomic mass is 10.2. The van der Waals surface area contributed by atoms with Crippen LogP contribution in [-0.2, 0) is 0 Å². The fraction of sp³-hybridized carbons (Fsp3) is 0.167. The molecule has 1 N–H and O–H groups in total. The minimum Gasteiger partial charge on any atom is -0.304 e. The van der Waals surface area contributed by atoms with Crippen LogP contribution < -0.4 is 5.32 Å². The van der Waals surface area contributed by atoms with Crippen LogP contribution in [0.15, 0.2) is 21.8 Å². The number of halogens is 2. The van der Waals surface area contributed by atoms with Crippen molar-refractivity contribution < 1.29 is 4.79 Å². The minimum absolute atomic E-state index is 0.270. The molecule has 1 atom stereocenters. The van der Waals surface area contributed by atoms with Gasteiger partial charge in [-0.05, 0) is 0 Å². The summed E-state index contributed by atoms with van der Waals surface area (Å²) in [5.41, 5.74) is 0.322. The number of hydrogen-bond donors (Lipinski definition) is 1. The molecule has 0 aromatic carbocycles. The predicted molar refractivity (Wildman–Crippen MR) is 47.0 cm³/mol. The van der Waals surface area contributed by atoms with Crippen LogP contribution in [-0.4, -0.2) is 22.4 Å². The number of urea groups is 1. The van der Waals surface area contributed by atoms with Crippen LogP contribution in [0.5, 0.6) is 0 Å². The molecule has 1 unspecified atom stereocenters. The molecule has 0 saturated carbocycles. The summed E-state index contributed by atoms with van der Waals surface area (Å²) in [6, 6.07) is -0.427. The molecule has 62 valence electrons. The normalized spacial score (nSPS) is 27.0. The van der Waals surface area contributed by atoms with Gasteiger partial charge in [-0.15, -0.1) is 0 Å². The van der Waals surface area contributed by atoms with Gasteiger partial charge in [0.05, 0.1) is 5.70 Å². The highest BCUT2D eigenvalue weighted by molar-refractivity contribution is 6.69. The summed E-state index contributed by atoms with van der Waals surface area (Å²) in [5.74, 6) is 0. The molecule has 0 bridgehead atoms. The third-order valence-electron chi connectivity index (χ3n) is 1.47.